The highest BCUT2D eigenvalue weighted by Gasteiger charge is 2.20. The van der Waals surface area contributed by atoms with E-state index in [4.69, 9.17) is 5.11 Å². The molecule has 0 aromatic heterocycles. The molecule has 0 fully saturated rings. The van der Waals surface area contributed by atoms with E-state index in [1.807, 2.05) is 6.92 Å². The predicted molar refractivity (Wildman–Crippen MR) is 56.3 cm³/mol. The van der Waals surface area contributed by atoms with Crippen LogP contribution in [0.5, 0.6) is 0 Å². The van der Waals surface area contributed by atoms with E-state index in [2.05, 4.69) is 0 Å². The van der Waals surface area contributed by atoms with Gasteiger partial charge in [-0.3, -0.25) is 4.79 Å². The lowest BCUT2D eigenvalue weighted by atomic mass is 9.91. The molecule has 1 atom stereocenters. The number of hydrogen-bond acceptors (Lipinski definition) is 1. The number of aliphatic carboxylic acids is 1. The first-order chi connectivity index (χ1) is 7.56. The van der Waals surface area contributed by atoms with Crippen LogP contribution in [-0.4, -0.2) is 11.1 Å². The van der Waals surface area contributed by atoms with Gasteiger partial charge in [0.25, 0.3) is 0 Å². The second-order valence-electron chi connectivity index (χ2n) is 3.73. The number of hydrogen-bond donors (Lipinski definition) is 1. The fourth-order valence-corrected chi connectivity index (χ4v) is 1.76. The maximum atomic E-state index is 13.5. The molecule has 0 heterocycles. The monoisotopic (exact) mass is 228 g/mol. The van der Waals surface area contributed by atoms with Gasteiger partial charge in [0, 0.05) is 0 Å². The molecule has 16 heavy (non-hydrogen) atoms. The molecule has 0 amide bonds. The molecule has 2 nitrogen and oxygen atoms in total. The van der Waals surface area contributed by atoms with Gasteiger partial charge in [0.2, 0.25) is 0 Å². The summed E-state index contributed by atoms with van der Waals surface area (Å²) in [6.07, 6.45) is 1.09. The fourth-order valence-electron chi connectivity index (χ4n) is 1.76. The molecule has 1 aromatic rings. The third kappa shape index (κ3) is 3.02. The number of benzene rings is 1. The Balaban J connectivity index is 3.00. The van der Waals surface area contributed by atoms with E-state index in [9.17, 15) is 13.6 Å². The van der Waals surface area contributed by atoms with Gasteiger partial charge in [-0.05, 0) is 24.0 Å². The number of carbonyl (C=O) groups is 1. The van der Waals surface area contributed by atoms with E-state index in [0.717, 1.165) is 12.5 Å². The van der Waals surface area contributed by atoms with Gasteiger partial charge in [-0.1, -0.05) is 25.5 Å². The van der Waals surface area contributed by atoms with Crippen molar-refractivity contribution in [2.24, 2.45) is 0 Å². The number of carboxylic acid groups (broad SMARTS) is 1. The Morgan fingerprint density at radius 3 is 2.69 bits per heavy atom. The lowest BCUT2D eigenvalue weighted by Gasteiger charge is -2.15. The van der Waals surface area contributed by atoms with Crippen LogP contribution in [0.25, 0.3) is 0 Å². The lowest BCUT2D eigenvalue weighted by Crippen LogP contribution is -2.09. The van der Waals surface area contributed by atoms with Crippen LogP contribution in [-0.2, 0) is 4.79 Å². The summed E-state index contributed by atoms with van der Waals surface area (Å²) in [5.41, 5.74) is 0.157. The van der Waals surface area contributed by atoms with Crippen molar-refractivity contribution < 1.29 is 18.7 Å². The summed E-state index contributed by atoms with van der Waals surface area (Å²) in [5, 5.41) is 8.72. The zero-order chi connectivity index (χ0) is 12.1. The van der Waals surface area contributed by atoms with Crippen LogP contribution in [0.3, 0.4) is 0 Å². The third-order valence-corrected chi connectivity index (χ3v) is 2.48. The molecule has 0 aliphatic heterocycles. The summed E-state index contributed by atoms with van der Waals surface area (Å²) in [7, 11) is 0. The van der Waals surface area contributed by atoms with Crippen molar-refractivity contribution in [2.45, 2.75) is 32.1 Å². The first-order valence-corrected chi connectivity index (χ1v) is 5.22. The van der Waals surface area contributed by atoms with Crippen LogP contribution in [0.4, 0.5) is 8.78 Å². The topological polar surface area (TPSA) is 37.3 Å². The highest BCUT2D eigenvalue weighted by Crippen LogP contribution is 2.28. The molecular weight excluding hydrogens is 214 g/mol. The van der Waals surface area contributed by atoms with Gasteiger partial charge >= 0.3 is 5.97 Å². The van der Waals surface area contributed by atoms with Gasteiger partial charge in [-0.25, -0.2) is 8.78 Å². The molecule has 88 valence electrons. The van der Waals surface area contributed by atoms with Gasteiger partial charge in [0.1, 0.15) is 0 Å². The van der Waals surface area contributed by atoms with Crippen LogP contribution in [0.2, 0.25) is 0 Å². The molecule has 0 spiro atoms. The van der Waals surface area contributed by atoms with Crippen molar-refractivity contribution in [2.75, 3.05) is 0 Å². The smallest absolute Gasteiger partial charge is 0.303 e. The normalized spacial score (nSPS) is 12.4. The summed E-state index contributed by atoms with van der Waals surface area (Å²) >= 11 is 0. The minimum Gasteiger partial charge on any atom is -0.481 e. The average molecular weight is 228 g/mol. The molecule has 0 aliphatic carbocycles. The molecule has 0 saturated heterocycles. The number of carboxylic acids is 1. The summed E-state index contributed by atoms with van der Waals surface area (Å²) < 4.78 is 26.5. The number of halogens is 2. The van der Waals surface area contributed by atoms with Gasteiger partial charge in [-0.2, -0.15) is 0 Å². The largest absolute Gasteiger partial charge is 0.481 e. The molecule has 0 aliphatic rings. The molecule has 4 heteroatoms. The average Bonchev–Trinajstić information content (AvgIpc) is 2.21. The zero-order valence-electron chi connectivity index (χ0n) is 9.04. The second kappa shape index (κ2) is 5.58. The third-order valence-electron chi connectivity index (χ3n) is 2.48. The van der Waals surface area contributed by atoms with E-state index in [-0.39, 0.29) is 12.0 Å². The first-order valence-electron chi connectivity index (χ1n) is 5.22. The summed E-state index contributed by atoms with van der Waals surface area (Å²) in [5.74, 6) is -3.31. The van der Waals surface area contributed by atoms with Crippen LogP contribution in [0, 0.1) is 11.6 Å². The minimum atomic E-state index is -0.998. The van der Waals surface area contributed by atoms with Crippen molar-refractivity contribution in [3.63, 3.8) is 0 Å². The predicted octanol–water partition coefficient (Wildman–Crippen LogP) is 3.32. The Hall–Kier alpha value is -1.45. The number of rotatable bonds is 5. The SMILES string of the molecule is CCCC(CC(=O)O)c1cccc(F)c1F. The molecular formula is C12H14F2O2. The van der Waals surface area contributed by atoms with E-state index in [1.54, 1.807) is 0 Å². The van der Waals surface area contributed by atoms with Crippen molar-refractivity contribution in [3.05, 3.63) is 35.4 Å². The van der Waals surface area contributed by atoms with E-state index in [1.165, 1.54) is 12.1 Å². The quantitative estimate of drug-likeness (QED) is 0.839. The van der Waals surface area contributed by atoms with Crippen molar-refractivity contribution >= 4 is 5.97 Å². The van der Waals surface area contributed by atoms with Crippen molar-refractivity contribution in [1.82, 2.24) is 0 Å². The standard InChI is InChI=1S/C12H14F2O2/c1-2-4-8(7-11(15)16)9-5-3-6-10(13)12(9)14/h3,5-6,8H,2,4,7H2,1H3,(H,15,16). The van der Waals surface area contributed by atoms with Gasteiger partial charge < -0.3 is 5.11 Å². The molecule has 1 rings (SSSR count). The van der Waals surface area contributed by atoms with E-state index in [0.29, 0.717) is 6.42 Å². The highest BCUT2D eigenvalue weighted by atomic mass is 19.2. The molecule has 0 bridgehead atoms. The van der Waals surface area contributed by atoms with Crippen LogP contribution in [0.1, 0.15) is 37.7 Å². The Morgan fingerprint density at radius 1 is 1.44 bits per heavy atom. The Bertz CT molecular complexity index is 377. The second-order valence-corrected chi connectivity index (χ2v) is 3.73. The van der Waals surface area contributed by atoms with Gasteiger partial charge in [0.15, 0.2) is 11.6 Å². The Kier molecular flexibility index (Phi) is 4.40. The van der Waals surface area contributed by atoms with Crippen molar-refractivity contribution in [1.29, 1.82) is 0 Å². The van der Waals surface area contributed by atoms with E-state index < -0.39 is 23.5 Å². The van der Waals surface area contributed by atoms with E-state index >= 15 is 0 Å². The lowest BCUT2D eigenvalue weighted by molar-refractivity contribution is -0.137. The van der Waals surface area contributed by atoms with Gasteiger partial charge in [0.05, 0.1) is 6.42 Å². The van der Waals surface area contributed by atoms with Crippen LogP contribution < -0.4 is 0 Å². The molecule has 0 radical (unpaired) electrons. The zero-order valence-corrected chi connectivity index (χ0v) is 9.04. The first kappa shape index (κ1) is 12.6. The fraction of sp³-hybridized carbons (Fsp3) is 0.417. The molecule has 1 unspecified atom stereocenters. The molecule has 1 aromatic carbocycles. The summed E-state index contributed by atoms with van der Waals surface area (Å²) in [6, 6.07) is 3.88. The molecule has 0 saturated carbocycles. The minimum absolute atomic E-state index is 0.157. The maximum absolute atomic E-state index is 13.5. The summed E-state index contributed by atoms with van der Waals surface area (Å²) in [6.45, 7) is 1.88. The maximum Gasteiger partial charge on any atom is 0.303 e. The Labute approximate surface area is 92.9 Å². The van der Waals surface area contributed by atoms with Gasteiger partial charge in [-0.15, -0.1) is 0 Å². The van der Waals surface area contributed by atoms with Crippen LogP contribution in [0.15, 0.2) is 18.2 Å². The van der Waals surface area contributed by atoms with Crippen molar-refractivity contribution in [3.8, 4) is 0 Å². The Morgan fingerprint density at radius 2 is 2.12 bits per heavy atom. The summed E-state index contributed by atoms with van der Waals surface area (Å²) in [4.78, 5) is 10.6. The van der Waals surface area contributed by atoms with Crippen LogP contribution >= 0.6 is 0 Å². The molecule has 1 N–H and O–H groups in total. The highest BCUT2D eigenvalue weighted by molar-refractivity contribution is 5.68.